The molecule has 1 rings (SSSR count). The number of ether oxygens (including phenoxy) is 2. The van der Waals surface area contributed by atoms with Gasteiger partial charge in [-0.05, 0) is 39.3 Å². The highest BCUT2D eigenvalue weighted by Gasteiger charge is 2.30. The predicted octanol–water partition coefficient (Wildman–Crippen LogP) is 2.04. The van der Waals surface area contributed by atoms with E-state index >= 15 is 0 Å². The van der Waals surface area contributed by atoms with Gasteiger partial charge >= 0.3 is 18.0 Å². The van der Waals surface area contributed by atoms with Gasteiger partial charge in [0.15, 0.2) is 0 Å². The highest BCUT2D eigenvalue weighted by Crippen LogP contribution is 2.17. The van der Waals surface area contributed by atoms with E-state index in [1.807, 2.05) is 0 Å². The molecule has 0 unspecified atom stereocenters. The van der Waals surface area contributed by atoms with E-state index in [1.165, 1.54) is 18.3 Å². The van der Waals surface area contributed by atoms with Crippen molar-refractivity contribution in [3.05, 3.63) is 24.0 Å². The van der Waals surface area contributed by atoms with Crippen LogP contribution < -0.4 is 10.1 Å². The quantitative estimate of drug-likeness (QED) is 0.543. The zero-order valence-electron chi connectivity index (χ0n) is 16.0. The second kappa shape index (κ2) is 10.4. The number of aliphatic carboxylic acids is 2. The summed E-state index contributed by atoms with van der Waals surface area (Å²) < 4.78 is 22.1. The number of alkyl halides is 1. The Morgan fingerprint density at radius 3 is 2.36 bits per heavy atom. The summed E-state index contributed by atoms with van der Waals surface area (Å²) in [5, 5.41) is 20.9. The summed E-state index contributed by atoms with van der Waals surface area (Å²) >= 11 is 0. The van der Waals surface area contributed by atoms with Gasteiger partial charge in [0.25, 0.3) is 0 Å². The van der Waals surface area contributed by atoms with E-state index in [1.54, 1.807) is 20.8 Å². The van der Waals surface area contributed by atoms with Crippen LogP contribution in [0.5, 0.6) is 5.75 Å². The Hall–Kier alpha value is -2.91. The molecular weight excluding hydrogens is 375 g/mol. The second-order valence-corrected chi connectivity index (χ2v) is 7.03. The molecule has 0 radical (unpaired) electrons. The number of hydrogen-bond donors (Lipinski definition) is 3. The fourth-order valence-electron chi connectivity index (χ4n) is 2.25. The lowest BCUT2D eigenvalue weighted by Gasteiger charge is -2.23. The van der Waals surface area contributed by atoms with E-state index in [4.69, 9.17) is 9.47 Å². The van der Waals surface area contributed by atoms with Gasteiger partial charge in [0, 0.05) is 12.1 Å². The minimum Gasteiger partial charge on any atom is -0.489 e. The molecule has 28 heavy (non-hydrogen) atoms. The van der Waals surface area contributed by atoms with Gasteiger partial charge in [0.05, 0.1) is 12.1 Å². The Balaban J connectivity index is 2.78. The molecule has 0 saturated heterocycles. The topological polar surface area (TPSA) is 135 Å². The number of carbonyl (C=O) groups is 3. The van der Waals surface area contributed by atoms with Gasteiger partial charge in [-0.25, -0.2) is 14.0 Å². The summed E-state index contributed by atoms with van der Waals surface area (Å²) in [6, 6.07) is 1.59. The molecule has 1 heterocycles. The molecule has 3 N–H and O–H groups in total. The molecule has 9 nitrogen and oxygen atoms in total. The maximum absolute atomic E-state index is 12.1. The van der Waals surface area contributed by atoms with Crippen molar-refractivity contribution in [1.82, 2.24) is 10.3 Å². The Bertz CT molecular complexity index is 674. The van der Waals surface area contributed by atoms with Crippen LogP contribution in [-0.4, -0.2) is 58.2 Å². The van der Waals surface area contributed by atoms with Crippen LogP contribution >= 0.6 is 0 Å². The monoisotopic (exact) mass is 400 g/mol. The van der Waals surface area contributed by atoms with E-state index in [2.05, 4.69) is 10.3 Å². The third-order valence-corrected chi connectivity index (χ3v) is 3.46. The molecule has 1 amide bonds. The van der Waals surface area contributed by atoms with Crippen LogP contribution in [0, 0.1) is 5.92 Å². The molecule has 10 heteroatoms. The Kier molecular flexibility index (Phi) is 8.62. The molecule has 156 valence electrons. The predicted molar refractivity (Wildman–Crippen MR) is 95.9 cm³/mol. The number of aromatic nitrogens is 1. The van der Waals surface area contributed by atoms with Crippen molar-refractivity contribution in [2.45, 2.75) is 45.3 Å². The number of nitrogens with one attached hydrogen (secondary N) is 1. The summed E-state index contributed by atoms with van der Waals surface area (Å²) in [4.78, 5) is 38.8. The SMILES string of the molecule is CC(C)(C)OC(=O)N[C@@H](C[C@H](Cc1ccc(OCCF)cn1)C(=O)O)C(=O)O. The maximum atomic E-state index is 12.1. The van der Waals surface area contributed by atoms with Crippen LogP contribution in [0.2, 0.25) is 0 Å². The molecule has 0 bridgehead atoms. The number of hydrogen-bond acceptors (Lipinski definition) is 6. The molecule has 0 fully saturated rings. The van der Waals surface area contributed by atoms with Crippen molar-refractivity contribution in [3.63, 3.8) is 0 Å². The Morgan fingerprint density at radius 1 is 1.21 bits per heavy atom. The van der Waals surface area contributed by atoms with E-state index < -0.39 is 42.3 Å². The number of nitrogens with zero attached hydrogens (tertiary/aromatic N) is 1. The lowest BCUT2D eigenvalue weighted by Crippen LogP contribution is -2.45. The highest BCUT2D eigenvalue weighted by molar-refractivity contribution is 5.81. The minimum atomic E-state index is -1.44. The number of pyridine rings is 1. The normalized spacial score (nSPS) is 13.3. The first-order valence-corrected chi connectivity index (χ1v) is 8.60. The second-order valence-electron chi connectivity index (χ2n) is 7.03. The van der Waals surface area contributed by atoms with Crippen molar-refractivity contribution >= 4 is 18.0 Å². The van der Waals surface area contributed by atoms with Crippen LogP contribution in [0.1, 0.15) is 32.9 Å². The molecule has 0 aliphatic rings. The van der Waals surface area contributed by atoms with E-state index in [-0.39, 0.29) is 19.4 Å². The summed E-state index contributed by atoms with van der Waals surface area (Å²) in [6.07, 6.45) is -0.0293. The maximum Gasteiger partial charge on any atom is 0.408 e. The molecule has 0 aliphatic carbocycles. The number of carbonyl (C=O) groups excluding carboxylic acids is 1. The van der Waals surface area contributed by atoms with Crippen molar-refractivity contribution < 1.29 is 38.5 Å². The largest absolute Gasteiger partial charge is 0.489 e. The fraction of sp³-hybridized carbons (Fsp3) is 0.556. The molecule has 1 aromatic heterocycles. The Morgan fingerprint density at radius 2 is 1.89 bits per heavy atom. The number of carboxylic acids is 2. The summed E-state index contributed by atoms with van der Waals surface area (Å²) in [7, 11) is 0. The number of rotatable bonds is 10. The molecule has 1 aromatic rings. The van der Waals surface area contributed by atoms with Crippen LogP contribution in [-0.2, 0) is 20.7 Å². The molecule has 0 saturated carbocycles. The van der Waals surface area contributed by atoms with E-state index in [0.717, 1.165) is 0 Å². The average molecular weight is 400 g/mol. The molecule has 0 aromatic carbocycles. The van der Waals surface area contributed by atoms with E-state index in [9.17, 15) is 29.0 Å². The van der Waals surface area contributed by atoms with Crippen LogP contribution in [0.4, 0.5) is 9.18 Å². The number of halogens is 1. The lowest BCUT2D eigenvalue weighted by atomic mass is 9.94. The van der Waals surface area contributed by atoms with Crippen LogP contribution in [0.15, 0.2) is 18.3 Å². The van der Waals surface area contributed by atoms with Gasteiger partial charge in [0.2, 0.25) is 0 Å². The fourth-order valence-corrected chi connectivity index (χ4v) is 2.25. The third-order valence-electron chi connectivity index (χ3n) is 3.46. The summed E-state index contributed by atoms with van der Waals surface area (Å²) in [5.74, 6) is -3.37. The van der Waals surface area contributed by atoms with Crippen molar-refractivity contribution in [3.8, 4) is 5.75 Å². The minimum absolute atomic E-state index is 0.0570. The molecule has 2 atom stereocenters. The zero-order chi connectivity index (χ0) is 21.3. The number of amides is 1. The van der Waals surface area contributed by atoms with Gasteiger partial charge < -0.3 is 25.0 Å². The molecule has 0 spiro atoms. The Labute approximate surface area is 161 Å². The lowest BCUT2D eigenvalue weighted by molar-refractivity contribution is -0.144. The van der Waals surface area contributed by atoms with Gasteiger partial charge in [0.1, 0.15) is 30.7 Å². The van der Waals surface area contributed by atoms with Crippen molar-refractivity contribution in [1.29, 1.82) is 0 Å². The first-order valence-electron chi connectivity index (χ1n) is 8.60. The van der Waals surface area contributed by atoms with Gasteiger partial charge in [-0.1, -0.05) is 0 Å². The zero-order valence-corrected chi connectivity index (χ0v) is 16.0. The van der Waals surface area contributed by atoms with Gasteiger partial charge in [-0.2, -0.15) is 0 Å². The third kappa shape index (κ3) is 8.65. The first kappa shape index (κ1) is 23.1. The van der Waals surface area contributed by atoms with E-state index in [0.29, 0.717) is 11.4 Å². The summed E-state index contributed by atoms with van der Waals surface area (Å²) in [6.45, 7) is 4.10. The standard InChI is InChI=1S/C18H25FN2O7/c1-18(2,3)28-17(26)21-14(16(24)25)9-11(15(22)23)8-12-4-5-13(10-20-12)27-7-6-19/h4-5,10-11,14H,6-9H2,1-3H3,(H,21,26)(H,22,23)(H,24,25)/t11-,14-/m0/s1. The number of carboxylic acid groups (broad SMARTS) is 2. The van der Waals surface area contributed by atoms with Crippen molar-refractivity contribution in [2.75, 3.05) is 13.3 Å². The van der Waals surface area contributed by atoms with Gasteiger partial charge in [-0.15, -0.1) is 0 Å². The highest BCUT2D eigenvalue weighted by atomic mass is 19.1. The van der Waals surface area contributed by atoms with Crippen LogP contribution in [0.3, 0.4) is 0 Å². The molecular formula is C18H25FN2O7. The summed E-state index contributed by atoms with van der Waals surface area (Å²) in [5.41, 5.74) is -0.434. The first-order chi connectivity index (χ1) is 13.0. The average Bonchev–Trinajstić information content (AvgIpc) is 2.57. The number of alkyl carbamates (subject to hydrolysis) is 1. The van der Waals surface area contributed by atoms with Crippen molar-refractivity contribution in [2.24, 2.45) is 5.92 Å². The van der Waals surface area contributed by atoms with Gasteiger partial charge in [-0.3, -0.25) is 9.78 Å². The molecule has 0 aliphatic heterocycles. The smallest absolute Gasteiger partial charge is 0.408 e. The van der Waals surface area contributed by atoms with Crippen LogP contribution in [0.25, 0.3) is 0 Å².